The van der Waals surface area contributed by atoms with Gasteiger partial charge in [0.1, 0.15) is 0 Å². The first kappa shape index (κ1) is 33.0. The van der Waals surface area contributed by atoms with Gasteiger partial charge in [0.2, 0.25) is 5.91 Å². The molecule has 0 saturated carbocycles. The molecule has 0 aliphatic carbocycles. The van der Waals surface area contributed by atoms with Gasteiger partial charge in [0, 0.05) is 19.9 Å². The summed E-state index contributed by atoms with van der Waals surface area (Å²) in [6.45, 7) is 4.15. The summed E-state index contributed by atoms with van der Waals surface area (Å²) in [6.07, 6.45) is 20.1. The number of hydrogen-bond acceptors (Lipinski definition) is 5. The first-order valence-corrected chi connectivity index (χ1v) is 12.4. The van der Waals surface area contributed by atoms with Crippen LogP contribution in [0.25, 0.3) is 0 Å². The van der Waals surface area contributed by atoms with Gasteiger partial charge in [-0.15, -0.1) is 0 Å². The summed E-state index contributed by atoms with van der Waals surface area (Å²) in [5, 5.41) is 12.5. The third-order valence-corrected chi connectivity index (χ3v) is 5.34. The molecule has 0 rings (SSSR count). The van der Waals surface area contributed by atoms with E-state index in [-0.39, 0.29) is 42.0 Å². The summed E-state index contributed by atoms with van der Waals surface area (Å²) in [5.41, 5.74) is 2.39. The number of hydroxylamine groups is 1. The van der Waals surface area contributed by atoms with Gasteiger partial charge >= 0.3 is 35.5 Å². The van der Waals surface area contributed by atoms with Crippen molar-refractivity contribution in [2.24, 2.45) is 0 Å². The molecule has 0 fully saturated rings. The predicted octanol–water partition coefficient (Wildman–Crippen LogP) is 4.53. The molecule has 0 aromatic heterocycles. The van der Waals surface area contributed by atoms with Gasteiger partial charge in [0.25, 0.3) is 0 Å². The molecule has 0 spiro atoms. The molecule has 0 aromatic rings. The molecular weight excluding hydrogens is 403 g/mol. The molecule has 0 heterocycles. The van der Waals surface area contributed by atoms with Gasteiger partial charge in [-0.1, -0.05) is 96.8 Å². The molecule has 0 saturated heterocycles. The van der Waals surface area contributed by atoms with Crippen molar-refractivity contribution < 1.29 is 19.5 Å². The molecule has 1 atom stereocenters. The fourth-order valence-electron chi connectivity index (χ4n) is 3.47. The number of amides is 1. The molecule has 1 unspecified atom stereocenters. The van der Waals surface area contributed by atoms with E-state index < -0.39 is 12.1 Å². The molecule has 1 amide bonds. The molecule has 0 aromatic carbocycles. The summed E-state index contributed by atoms with van der Waals surface area (Å²) in [4.78, 5) is 26.9. The topological polar surface area (TPSA) is 87.7 Å². The molecule has 0 aliphatic heterocycles. The van der Waals surface area contributed by atoms with Crippen LogP contribution in [0, 0.1) is 0 Å². The number of hydrogen-bond donors (Lipinski definition) is 3. The monoisotopic (exact) mass is 452 g/mol. The Kier molecular flexibility index (Phi) is 27.8. The predicted molar refractivity (Wildman–Crippen MR) is 130 cm³/mol. The quantitative estimate of drug-likeness (QED) is 0.128. The maximum atomic E-state index is 11.8. The number of aliphatic hydroxyl groups is 1. The summed E-state index contributed by atoms with van der Waals surface area (Å²) in [6, 6.07) is 0. The Balaban J connectivity index is 0. The van der Waals surface area contributed by atoms with Gasteiger partial charge in [0.15, 0.2) is 0 Å². The number of aliphatic hydroxyl groups excluding tert-OH is 1. The van der Waals surface area contributed by atoms with E-state index in [2.05, 4.69) is 22.6 Å². The van der Waals surface area contributed by atoms with E-state index >= 15 is 0 Å². The van der Waals surface area contributed by atoms with Gasteiger partial charge in [-0.2, -0.15) is 5.48 Å². The van der Waals surface area contributed by atoms with E-state index in [9.17, 15) is 14.7 Å². The van der Waals surface area contributed by atoms with E-state index in [1.54, 1.807) is 0 Å². The molecule has 0 radical (unpaired) electrons. The summed E-state index contributed by atoms with van der Waals surface area (Å²) in [7, 11) is 0. The molecule has 31 heavy (non-hydrogen) atoms. The normalized spacial score (nSPS) is 11.6. The average Bonchev–Trinajstić information content (AvgIpc) is 2.70. The van der Waals surface area contributed by atoms with Crippen LogP contribution in [-0.4, -0.2) is 65.7 Å². The van der Waals surface area contributed by atoms with Gasteiger partial charge in [-0.3, -0.25) is 9.59 Å². The number of nitrogens with one attached hydrogen (secondary N) is 2. The molecule has 3 N–H and O–H groups in total. The van der Waals surface area contributed by atoms with Crippen molar-refractivity contribution in [1.29, 1.82) is 0 Å². The van der Waals surface area contributed by atoms with E-state index in [0.717, 1.165) is 12.8 Å². The van der Waals surface area contributed by atoms with E-state index in [0.29, 0.717) is 19.4 Å². The molecule has 0 bridgehead atoms. The Bertz CT molecular complexity index is 411. The van der Waals surface area contributed by atoms with Crippen molar-refractivity contribution >= 4 is 41.4 Å². The molecule has 7 heteroatoms. The first-order chi connectivity index (χ1) is 14.6. The van der Waals surface area contributed by atoms with Crippen LogP contribution in [0.1, 0.15) is 123 Å². The zero-order valence-corrected chi connectivity index (χ0v) is 19.7. The van der Waals surface area contributed by atoms with Crippen LogP contribution in [0.2, 0.25) is 0 Å². The number of rotatable bonds is 22. The number of carbonyl (C=O) groups excluding carboxylic acids is 2. The minimum atomic E-state index is -0.657. The Hall–Kier alpha value is -0.140. The maximum absolute atomic E-state index is 11.8. The molecule has 6 nitrogen and oxygen atoms in total. The summed E-state index contributed by atoms with van der Waals surface area (Å²) >= 11 is 0. The molecular formula is C24H49N2NaO4. The van der Waals surface area contributed by atoms with Crippen LogP contribution in [0.5, 0.6) is 0 Å². The third kappa shape index (κ3) is 27.8. The van der Waals surface area contributed by atoms with Crippen LogP contribution in [0.4, 0.5) is 0 Å². The number of unbranched alkanes of at least 4 members (excludes halogenated alkanes) is 14. The Morgan fingerprint density at radius 3 is 1.71 bits per heavy atom. The second-order valence-corrected chi connectivity index (χ2v) is 8.43. The van der Waals surface area contributed by atoms with Gasteiger partial charge in [-0.05, 0) is 12.8 Å². The average molecular weight is 453 g/mol. The fraction of sp³-hybridized carbons (Fsp3) is 0.917. The SMILES string of the molecule is CCCCCCCCCCCCCCCCCC(=O)NCCC(O)CNOC(C)=O.[NaH]. The van der Waals surface area contributed by atoms with E-state index in [1.165, 1.54) is 90.4 Å². The van der Waals surface area contributed by atoms with Crippen LogP contribution < -0.4 is 10.8 Å². The van der Waals surface area contributed by atoms with Crippen molar-refractivity contribution in [2.45, 2.75) is 129 Å². The molecule has 0 aliphatic rings. The van der Waals surface area contributed by atoms with Crippen LogP contribution in [0.3, 0.4) is 0 Å². The second-order valence-electron chi connectivity index (χ2n) is 8.43. The van der Waals surface area contributed by atoms with Gasteiger partial charge in [0.05, 0.1) is 12.6 Å². The summed E-state index contributed by atoms with van der Waals surface area (Å²) in [5.74, 6) is -0.399. The summed E-state index contributed by atoms with van der Waals surface area (Å²) < 4.78 is 0. The van der Waals surface area contributed by atoms with Crippen LogP contribution >= 0.6 is 0 Å². The van der Waals surface area contributed by atoms with Crippen molar-refractivity contribution in [3.63, 3.8) is 0 Å². The third-order valence-electron chi connectivity index (χ3n) is 5.34. The zero-order chi connectivity index (χ0) is 22.3. The number of carbonyl (C=O) groups is 2. The van der Waals surface area contributed by atoms with Crippen molar-refractivity contribution in [3.8, 4) is 0 Å². The van der Waals surface area contributed by atoms with E-state index in [4.69, 9.17) is 0 Å². The zero-order valence-electron chi connectivity index (χ0n) is 19.7. The van der Waals surface area contributed by atoms with Crippen molar-refractivity contribution in [2.75, 3.05) is 13.1 Å². The van der Waals surface area contributed by atoms with Crippen LogP contribution in [-0.2, 0) is 14.4 Å². The Morgan fingerprint density at radius 1 is 0.806 bits per heavy atom. The van der Waals surface area contributed by atoms with Crippen molar-refractivity contribution in [3.05, 3.63) is 0 Å². The van der Waals surface area contributed by atoms with E-state index in [1.807, 2.05) is 0 Å². The first-order valence-electron chi connectivity index (χ1n) is 12.4. The van der Waals surface area contributed by atoms with Gasteiger partial charge in [-0.25, -0.2) is 0 Å². The standard InChI is InChI=1S/C24H48N2O4.Na.H/c1-3-4-5-6-7-8-9-10-11-12-13-14-15-16-17-18-24(29)25-20-19-23(28)21-26-30-22(2)27;;/h23,26,28H,3-21H2,1-2H3,(H,25,29);;. The van der Waals surface area contributed by atoms with Gasteiger partial charge < -0.3 is 15.3 Å². The second kappa shape index (κ2) is 26.1. The molecule has 180 valence electrons. The van der Waals surface area contributed by atoms with Crippen molar-refractivity contribution in [1.82, 2.24) is 10.8 Å². The minimum absolute atomic E-state index is 0. The Labute approximate surface area is 213 Å². The fourth-order valence-corrected chi connectivity index (χ4v) is 3.47. The van der Waals surface area contributed by atoms with Crippen LogP contribution in [0.15, 0.2) is 0 Å². The Morgan fingerprint density at radius 2 is 1.26 bits per heavy atom.